The van der Waals surface area contributed by atoms with Gasteiger partial charge in [-0.2, -0.15) is 5.10 Å². The molecule has 2 aromatic rings. The number of ether oxygens (including phenoxy) is 1. The summed E-state index contributed by atoms with van der Waals surface area (Å²) in [6.45, 7) is 6.07. The molecule has 2 fully saturated rings. The van der Waals surface area contributed by atoms with E-state index in [1.54, 1.807) is 11.7 Å². The molecule has 1 N–H and O–H groups in total. The first-order chi connectivity index (χ1) is 13.6. The third-order valence-corrected chi connectivity index (χ3v) is 5.81. The Hall–Kier alpha value is -2.34. The molecule has 28 heavy (non-hydrogen) atoms. The van der Waals surface area contributed by atoms with Gasteiger partial charge < -0.3 is 10.1 Å². The lowest BCUT2D eigenvalue weighted by molar-refractivity contribution is 0.0615. The summed E-state index contributed by atoms with van der Waals surface area (Å²) in [7, 11) is 1.80. The summed E-state index contributed by atoms with van der Waals surface area (Å²) in [4.78, 5) is 14.8. The number of likely N-dealkylation sites (tertiary alicyclic amines) is 1. The second kappa shape index (κ2) is 8.35. The van der Waals surface area contributed by atoms with Gasteiger partial charge in [-0.05, 0) is 75.4 Å². The maximum Gasteiger partial charge on any atom is 0.269 e. The van der Waals surface area contributed by atoms with Crippen molar-refractivity contribution in [2.75, 3.05) is 19.6 Å². The van der Waals surface area contributed by atoms with Crippen LogP contribution in [0.4, 0.5) is 0 Å². The first-order valence-electron chi connectivity index (χ1n) is 10.3. The number of hydrogen-bond donors (Lipinski definition) is 1. The third kappa shape index (κ3) is 4.55. The van der Waals surface area contributed by atoms with Gasteiger partial charge in [0.05, 0.1) is 11.8 Å². The number of carbonyl (C=O) groups excluding carboxylic acids is 1. The van der Waals surface area contributed by atoms with Gasteiger partial charge in [-0.1, -0.05) is 12.1 Å². The summed E-state index contributed by atoms with van der Waals surface area (Å²) >= 11 is 0. The van der Waals surface area contributed by atoms with E-state index in [1.165, 1.54) is 31.5 Å². The molecule has 1 aromatic carbocycles. The molecule has 1 aliphatic heterocycles. The average Bonchev–Trinajstić information content (AvgIpc) is 3.27. The van der Waals surface area contributed by atoms with Crippen LogP contribution in [0.1, 0.15) is 47.4 Å². The fraction of sp³-hybridized carbons (Fsp3) is 0.545. The van der Waals surface area contributed by atoms with Crippen molar-refractivity contribution >= 4 is 5.91 Å². The summed E-state index contributed by atoms with van der Waals surface area (Å²) in [5.41, 5.74) is 2.82. The minimum Gasteiger partial charge on any atom is -0.490 e. The van der Waals surface area contributed by atoms with Crippen LogP contribution in [0.3, 0.4) is 0 Å². The molecule has 1 aliphatic carbocycles. The van der Waals surface area contributed by atoms with Crippen molar-refractivity contribution in [3.63, 3.8) is 0 Å². The smallest absolute Gasteiger partial charge is 0.269 e. The van der Waals surface area contributed by atoms with E-state index in [4.69, 9.17) is 4.74 Å². The summed E-state index contributed by atoms with van der Waals surface area (Å²) < 4.78 is 7.71. The summed E-state index contributed by atoms with van der Waals surface area (Å²) in [6, 6.07) is 10.4. The lowest BCUT2D eigenvalue weighted by Gasteiger charge is -2.35. The van der Waals surface area contributed by atoms with Crippen LogP contribution < -0.4 is 10.1 Å². The Labute approximate surface area is 166 Å². The van der Waals surface area contributed by atoms with Gasteiger partial charge in [-0.25, -0.2) is 0 Å². The molecule has 0 unspecified atom stereocenters. The van der Waals surface area contributed by atoms with E-state index in [0.29, 0.717) is 18.2 Å². The summed E-state index contributed by atoms with van der Waals surface area (Å²) in [5.74, 6) is 1.38. The number of carbonyl (C=O) groups is 1. The Morgan fingerprint density at radius 2 is 1.93 bits per heavy atom. The van der Waals surface area contributed by atoms with E-state index in [1.807, 2.05) is 13.0 Å². The van der Waals surface area contributed by atoms with Gasteiger partial charge in [0.1, 0.15) is 11.4 Å². The fourth-order valence-corrected chi connectivity index (χ4v) is 4.15. The minimum absolute atomic E-state index is 0.0546. The topological polar surface area (TPSA) is 59.4 Å². The summed E-state index contributed by atoms with van der Waals surface area (Å²) in [6.07, 6.45) is 4.88. The van der Waals surface area contributed by atoms with Crippen LogP contribution >= 0.6 is 0 Å². The SMILES string of the molecule is Cc1cc(C(=O)NCC2CC(Oc3ccc(CN4CCCC4)cc3)C2)n(C)n1. The predicted molar refractivity (Wildman–Crippen MR) is 108 cm³/mol. The zero-order valence-corrected chi connectivity index (χ0v) is 16.9. The molecule has 1 aromatic heterocycles. The van der Waals surface area contributed by atoms with E-state index >= 15 is 0 Å². The van der Waals surface area contributed by atoms with E-state index in [9.17, 15) is 4.79 Å². The number of nitrogens with one attached hydrogen (secondary N) is 1. The molecule has 2 heterocycles. The second-order valence-electron chi connectivity index (χ2n) is 8.21. The largest absolute Gasteiger partial charge is 0.490 e. The van der Waals surface area contributed by atoms with E-state index in [-0.39, 0.29) is 12.0 Å². The average molecular weight is 383 g/mol. The third-order valence-electron chi connectivity index (χ3n) is 5.81. The fourth-order valence-electron chi connectivity index (χ4n) is 4.15. The van der Waals surface area contributed by atoms with Crippen LogP contribution in [0, 0.1) is 12.8 Å². The number of rotatable bonds is 7. The highest BCUT2D eigenvalue weighted by Crippen LogP contribution is 2.31. The second-order valence-corrected chi connectivity index (χ2v) is 8.21. The van der Waals surface area contributed by atoms with Crippen molar-refractivity contribution < 1.29 is 9.53 Å². The van der Waals surface area contributed by atoms with Crippen LogP contribution in [0.5, 0.6) is 5.75 Å². The highest BCUT2D eigenvalue weighted by atomic mass is 16.5. The van der Waals surface area contributed by atoms with E-state index < -0.39 is 0 Å². The van der Waals surface area contributed by atoms with Gasteiger partial charge in [0, 0.05) is 20.1 Å². The number of nitrogens with zero attached hydrogens (tertiary/aromatic N) is 3. The van der Waals surface area contributed by atoms with Gasteiger partial charge in [0.15, 0.2) is 0 Å². The van der Waals surface area contributed by atoms with Crippen LogP contribution in [0.25, 0.3) is 0 Å². The molecule has 4 rings (SSSR count). The first-order valence-corrected chi connectivity index (χ1v) is 10.3. The highest BCUT2D eigenvalue weighted by molar-refractivity contribution is 5.92. The standard InChI is InChI=1S/C22H30N4O2/c1-16-11-21(25(2)24-16)22(27)23-14-18-12-20(13-18)28-19-7-5-17(6-8-19)15-26-9-3-4-10-26/h5-8,11,18,20H,3-4,9-10,12-15H2,1-2H3,(H,23,27). The number of aromatic nitrogens is 2. The highest BCUT2D eigenvalue weighted by Gasteiger charge is 2.31. The minimum atomic E-state index is -0.0546. The van der Waals surface area contributed by atoms with E-state index in [2.05, 4.69) is 39.6 Å². The maximum atomic E-state index is 12.2. The molecule has 6 heteroatoms. The molecular formula is C22H30N4O2. The van der Waals surface area contributed by atoms with Crippen LogP contribution in [0.2, 0.25) is 0 Å². The van der Waals surface area contributed by atoms with E-state index in [0.717, 1.165) is 30.8 Å². The molecule has 1 saturated carbocycles. The number of benzene rings is 1. The number of hydrogen-bond acceptors (Lipinski definition) is 4. The zero-order valence-electron chi connectivity index (χ0n) is 16.9. The molecule has 0 bridgehead atoms. The van der Waals surface area contributed by atoms with Crippen LogP contribution in [-0.2, 0) is 13.6 Å². The Morgan fingerprint density at radius 1 is 1.21 bits per heavy atom. The maximum absolute atomic E-state index is 12.2. The van der Waals surface area contributed by atoms with Crippen molar-refractivity contribution in [1.82, 2.24) is 20.0 Å². The van der Waals surface area contributed by atoms with Gasteiger partial charge >= 0.3 is 0 Å². The van der Waals surface area contributed by atoms with Crippen LogP contribution in [-0.4, -0.2) is 46.3 Å². The molecule has 0 spiro atoms. The predicted octanol–water partition coefficient (Wildman–Crippen LogP) is 2.91. The molecule has 6 nitrogen and oxygen atoms in total. The van der Waals surface area contributed by atoms with Gasteiger partial charge in [-0.3, -0.25) is 14.4 Å². The molecule has 1 amide bonds. The molecule has 0 radical (unpaired) electrons. The van der Waals surface area contributed by atoms with Crippen molar-refractivity contribution in [3.8, 4) is 5.75 Å². The Morgan fingerprint density at radius 3 is 2.57 bits per heavy atom. The van der Waals surface area contributed by atoms with Crippen molar-refractivity contribution in [2.45, 2.75) is 45.3 Å². The quantitative estimate of drug-likeness (QED) is 0.800. The Bertz CT molecular complexity index is 802. The normalized spacial score (nSPS) is 22.1. The van der Waals surface area contributed by atoms with Gasteiger partial charge in [0.25, 0.3) is 5.91 Å². The number of aryl methyl sites for hydroxylation is 2. The van der Waals surface area contributed by atoms with Crippen LogP contribution in [0.15, 0.2) is 30.3 Å². The molecule has 0 atom stereocenters. The monoisotopic (exact) mass is 382 g/mol. The molecule has 1 saturated heterocycles. The molecular weight excluding hydrogens is 352 g/mol. The lowest BCUT2D eigenvalue weighted by Crippen LogP contribution is -2.41. The number of amides is 1. The first kappa shape index (κ1) is 19.0. The zero-order chi connectivity index (χ0) is 19.5. The van der Waals surface area contributed by atoms with Gasteiger partial charge in [0.2, 0.25) is 0 Å². The van der Waals surface area contributed by atoms with Crippen molar-refractivity contribution in [3.05, 3.63) is 47.3 Å². The Balaban J connectivity index is 1.17. The van der Waals surface area contributed by atoms with Gasteiger partial charge in [-0.15, -0.1) is 0 Å². The Kier molecular flexibility index (Phi) is 5.67. The molecule has 2 aliphatic rings. The lowest BCUT2D eigenvalue weighted by atomic mass is 9.82. The summed E-state index contributed by atoms with van der Waals surface area (Å²) in [5, 5.41) is 7.24. The molecule has 150 valence electrons. The van der Waals surface area contributed by atoms with Crippen molar-refractivity contribution in [1.29, 1.82) is 0 Å². The van der Waals surface area contributed by atoms with Crippen molar-refractivity contribution in [2.24, 2.45) is 13.0 Å².